The molecule has 3 rings (SSSR count). The van der Waals surface area contributed by atoms with E-state index in [1.807, 2.05) is 9.80 Å². The molecule has 1 aliphatic carbocycles. The minimum Gasteiger partial charge on any atom is -0.340 e. The lowest BCUT2D eigenvalue weighted by Gasteiger charge is -2.30. The first-order valence-corrected chi connectivity index (χ1v) is 7.62. The van der Waals surface area contributed by atoms with Crippen LogP contribution in [0.5, 0.6) is 0 Å². The Kier molecular flexibility index (Phi) is 3.06. The van der Waals surface area contributed by atoms with E-state index in [-0.39, 0.29) is 17.9 Å². The van der Waals surface area contributed by atoms with Gasteiger partial charge < -0.3 is 9.80 Å². The van der Waals surface area contributed by atoms with E-state index in [1.54, 1.807) is 0 Å². The Morgan fingerprint density at radius 2 is 2.00 bits per heavy atom. The number of amides is 2. The van der Waals surface area contributed by atoms with Crippen LogP contribution in [0, 0.1) is 11.3 Å². The number of hydrogen-bond donors (Lipinski definition) is 0. The molecule has 1 atom stereocenters. The Balaban J connectivity index is 1.75. The normalized spacial score (nSPS) is 29.7. The minimum absolute atomic E-state index is 0.155. The Hall–Kier alpha value is -1.06. The van der Waals surface area contributed by atoms with Crippen molar-refractivity contribution in [2.24, 2.45) is 11.3 Å². The molecule has 4 nitrogen and oxygen atoms in total. The van der Waals surface area contributed by atoms with Gasteiger partial charge in [-0.05, 0) is 37.0 Å². The fourth-order valence-corrected chi connectivity index (χ4v) is 3.63. The number of fused-ring (bicyclic) bond motifs is 1. The minimum atomic E-state index is -0.155. The molecule has 2 aliphatic heterocycles. The Morgan fingerprint density at radius 1 is 1.26 bits per heavy atom. The van der Waals surface area contributed by atoms with Gasteiger partial charge in [0, 0.05) is 26.1 Å². The molecule has 106 valence electrons. The summed E-state index contributed by atoms with van der Waals surface area (Å²) in [5.74, 6) is 1.00. The largest absolute Gasteiger partial charge is 0.340 e. The molecule has 3 fully saturated rings. The van der Waals surface area contributed by atoms with Crippen molar-refractivity contribution < 1.29 is 9.59 Å². The quantitative estimate of drug-likeness (QED) is 0.777. The number of hydrogen-bond acceptors (Lipinski definition) is 2. The summed E-state index contributed by atoms with van der Waals surface area (Å²) in [6.07, 6.45) is 4.81. The molecule has 2 amide bonds. The lowest BCUT2D eigenvalue weighted by molar-refractivity contribution is -0.139. The molecule has 0 spiro atoms. The van der Waals surface area contributed by atoms with E-state index in [9.17, 15) is 9.59 Å². The molecule has 0 N–H and O–H groups in total. The highest BCUT2D eigenvalue weighted by Crippen LogP contribution is 2.52. The van der Waals surface area contributed by atoms with Gasteiger partial charge in [0.05, 0.1) is 0 Å². The molecule has 1 saturated carbocycles. The van der Waals surface area contributed by atoms with Crippen LogP contribution in [0.3, 0.4) is 0 Å². The van der Waals surface area contributed by atoms with Gasteiger partial charge in [0.2, 0.25) is 11.8 Å². The van der Waals surface area contributed by atoms with Crippen LogP contribution in [-0.4, -0.2) is 47.3 Å². The average molecular weight is 264 g/mol. The summed E-state index contributed by atoms with van der Waals surface area (Å²) in [4.78, 5) is 28.5. The molecular weight excluding hydrogens is 240 g/mol. The number of rotatable bonds is 3. The second-order valence-corrected chi connectivity index (χ2v) is 6.77. The molecule has 2 saturated heterocycles. The standard InChI is InChI=1S/C15H24N2O2/c1-11(2)15(6-7-15)10-16-9-5-13(18)17-8-3-4-12(17)14(16)19/h11-12H,3-10H2,1-2H3. The fraction of sp³-hybridized carbons (Fsp3) is 0.867. The van der Waals surface area contributed by atoms with Crippen molar-refractivity contribution in [2.45, 2.75) is 52.0 Å². The molecule has 0 aromatic rings. The van der Waals surface area contributed by atoms with Gasteiger partial charge in [-0.3, -0.25) is 9.59 Å². The third kappa shape index (κ3) is 2.15. The summed E-state index contributed by atoms with van der Waals surface area (Å²) in [5.41, 5.74) is 0.340. The van der Waals surface area contributed by atoms with E-state index >= 15 is 0 Å². The maximum Gasteiger partial charge on any atom is 0.245 e. The van der Waals surface area contributed by atoms with Gasteiger partial charge in [-0.15, -0.1) is 0 Å². The van der Waals surface area contributed by atoms with Crippen molar-refractivity contribution >= 4 is 11.8 Å². The zero-order chi connectivity index (χ0) is 13.6. The van der Waals surface area contributed by atoms with E-state index in [0.29, 0.717) is 24.3 Å². The van der Waals surface area contributed by atoms with Crippen LogP contribution >= 0.6 is 0 Å². The first-order valence-electron chi connectivity index (χ1n) is 7.62. The monoisotopic (exact) mass is 264 g/mol. The van der Waals surface area contributed by atoms with E-state index < -0.39 is 0 Å². The lowest BCUT2D eigenvalue weighted by atomic mass is 9.91. The smallest absolute Gasteiger partial charge is 0.245 e. The molecule has 4 heteroatoms. The maximum atomic E-state index is 12.6. The second kappa shape index (κ2) is 4.50. The zero-order valence-electron chi connectivity index (χ0n) is 12.0. The van der Waals surface area contributed by atoms with Crippen LogP contribution < -0.4 is 0 Å². The van der Waals surface area contributed by atoms with Gasteiger partial charge in [-0.2, -0.15) is 0 Å². The molecule has 0 bridgehead atoms. The van der Waals surface area contributed by atoms with Crippen molar-refractivity contribution in [3.63, 3.8) is 0 Å². The van der Waals surface area contributed by atoms with Crippen LogP contribution in [-0.2, 0) is 9.59 Å². The van der Waals surface area contributed by atoms with Crippen LogP contribution in [0.1, 0.15) is 46.0 Å². The third-order valence-corrected chi connectivity index (χ3v) is 5.39. The number of carbonyl (C=O) groups is 2. The summed E-state index contributed by atoms with van der Waals surface area (Å²) in [6.45, 7) is 6.77. The van der Waals surface area contributed by atoms with Crippen molar-refractivity contribution in [3.05, 3.63) is 0 Å². The van der Waals surface area contributed by atoms with Gasteiger partial charge in [0.1, 0.15) is 6.04 Å². The third-order valence-electron chi connectivity index (χ3n) is 5.39. The molecule has 3 aliphatic rings. The fourth-order valence-electron chi connectivity index (χ4n) is 3.63. The summed E-state index contributed by atoms with van der Waals surface area (Å²) < 4.78 is 0. The maximum absolute atomic E-state index is 12.6. The molecule has 0 aromatic heterocycles. The van der Waals surface area contributed by atoms with E-state index in [0.717, 1.165) is 25.9 Å². The van der Waals surface area contributed by atoms with Crippen molar-refractivity contribution in [3.8, 4) is 0 Å². The van der Waals surface area contributed by atoms with Crippen LogP contribution in [0.25, 0.3) is 0 Å². The van der Waals surface area contributed by atoms with Gasteiger partial charge in [-0.25, -0.2) is 0 Å². The predicted octanol–water partition coefficient (Wildman–Crippen LogP) is 1.65. The SMILES string of the molecule is CC(C)C1(CN2CCC(=O)N3CCCC3C2=O)CC1. The zero-order valence-corrected chi connectivity index (χ0v) is 12.0. The molecule has 0 aromatic carbocycles. The van der Waals surface area contributed by atoms with Gasteiger partial charge in [-0.1, -0.05) is 13.8 Å². The molecular formula is C15H24N2O2. The summed E-state index contributed by atoms with van der Waals surface area (Å²) in [6, 6.07) is -0.155. The molecule has 1 unspecified atom stereocenters. The second-order valence-electron chi connectivity index (χ2n) is 6.77. The average Bonchev–Trinajstić information content (AvgIpc) is 3.02. The predicted molar refractivity (Wildman–Crippen MR) is 72.4 cm³/mol. The van der Waals surface area contributed by atoms with Gasteiger partial charge in [0.15, 0.2) is 0 Å². The van der Waals surface area contributed by atoms with Gasteiger partial charge >= 0.3 is 0 Å². The first kappa shape index (κ1) is 12.9. The summed E-state index contributed by atoms with van der Waals surface area (Å²) in [5, 5.41) is 0. The van der Waals surface area contributed by atoms with E-state index in [1.165, 1.54) is 12.8 Å². The Bertz CT molecular complexity index is 401. The highest BCUT2D eigenvalue weighted by atomic mass is 16.2. The summed E-state index contributed by atoms with van der Waals surface area (Å²) in [7, 11) is 0. The van der Waals surface area contributed by atoms with Crippen molar-refractivity contribution in [1.82, 2.24) is 9.80 Å². The number of carbonyl (C=O) groups excluding carboxylic acids is 2. The highest BCUT2D eigenvalue weighted by Gasteiger charge is 2.49. The van der Waals surface area contributed by atoms with Crippen molar-refractivity contribution in [2.75, 3.05) is 19.6 Å². The van der Waals surface area contributed by atoms with Crippen molar-refractivity contribution in [1.29, 1.82) is 0 Å². The van der Waals surface area contributed by atoms with E-state index in [2.05, 4.69) is 13.8 Å². The van der Waals surface area contributed by atoms with Gasteiger partial charge in [0.25, 0.3) is 0 Å². The summed E-state index contributed by atoms with van der Waals surface area (Å²) >= 11 is 0. The topological polar surface area (TPSA) is 40.6 Å². The first-order chi connectivity index (χ1) is 9.03. The molecule has 0 radical (unpaired) electrons. The molecule has 2 heterocycles. The Morgan fingerprint density at radius 3 is 2.63 bits per heavy atom. The van der Waals surface area contributed by atoms with E-state index in [4.69, 9.17) is 0 Å². The van der Waals surface area contributed by atoms with Crippen LogP contribution in [0.2, 0.25) is 0 Å². The van der Waals surface area contributed by atoms with Crippen LogP contribution in [0.15, 0.2) is 0 Å². The van der Waals surface area contributed by atoms with Crippen LogP contribution in [0.4, 0.5) is 0 Å². The lowest BCUT2D eigenvalue weighted by Crippen LogP contribution is -2.45. The Labute approximate surface area is 115 Å². The number of nitrogens with zero attached hydrogens (tertiary/aromatic N) is 2. The highest BCUT2D eigenvalue weighted by molar-refractivity contribution is 5.90. The molecule has 19 heavy (non-hydrogen) atoms.